The number of anilines is 2. The van der Waals surface area contributed by atoms with Crippen LogP contribution in [-0.2, 0) is 4.74 Å². The van der Waals surface area contributed by atoms with E-state index in [0.717, 1.165) is 38.4 Å². The summed E-state index contributed by atoms with van der Waals surface area (Å²) in [5.41, 5.74) is 6.44. The molecule has 1 aromatic rings. The minimum Gasteiger partial charge on any atom is -0.399 e. The Morgan fingerprint density at radius 1 is 1.47 bits per heavy atom. The lowest BCUT2D eigenvalue weighted by molar-refractivity contribution is 0.139. The minimum atomic E-state index is 0.457. The normalized spacial score (nSPS) is 17.4. The number of piperidine rings is 1. The fourth-order valence-corrected chi connectivity index (χ4v) is 2.44. The maximum atomic E-state index is 5.91. The van der Waals surface area contributed by atoms with E-state index < -0.39 is 0 Å². The van der Waals surface area contributed by atoms with Gasteiger partial charge >= 0.3 is 0 Å². The van der Waals surface area contributed by atoms with E-state index in [1.165, 1.54) is 0 Å². The van der Waals surface area contributed by atoms with Gasteiger partial charge in [-0.25, -0.2) is 4.98 Å². The third-order valence-electron chi connectivity index (χ3n) is 3.14. The molecule has 0 aliphatic carbocycles. The van der Waals surface area contributed by atoms with Crippen molar-refractivity contribution < 1.29 is 4.74 Å². The van der Waals surface area contributed by atoms with Crippen molar-refractivity contribution in [3.8, 4) is 0 Å². The molecule has 2 heterocycles. The lowest BCUT2D eigenvalue weighted by Crippen LogP contribution is -2.35. The highest BCUT2D eigenvalue weighted by Gasteiger charge is 2.20. The molecule has 0 spiro atoms. The fraction of sp³-hybridized carbons (Fsp3) is 0.583. The molecule has 1 aliphatic heterocycles. The Labute approximate surface area is 107 Å². The zero-order valence-corrected chi connectivity index (χ0v) is 10.8. The Bertz CT molecular complexity index is 358. The molecule has 0 aromatic carbocycles. The number of aromatic nitrogens is 1. The third kappa shape index (κ3) is 3.23. The SMILES string of the molecule is COCC1CCN(c2cc(N)cc(Cl)n2)CC1. The van der Waals surface area contributed by atoms with E-state index in [2.05, 4.69) is 9.88 Å². The first-order valence-electron chi connectivity index (χ1n) is 5.86. The molecule has 2 rings (SSSR count). The number of nitrogens with zero attached hydrogens (tertiary/aromatic N) is 2. The monoisotopic (exact) mass is 255 g/mol. The van der Waals surface area contributed by atoms with Gasteiger partial charge in [0.05, 0.1) is 0 Å². The average Bonchev–Trinajstić information content (AvgIpc) is 2.29. The smallest absolute Gasteiger partial charge is 0.133 e. The van der Waals surface area contributed by atoms with Crippen molar-refractivity contribution in [1.82, 2.24) is 4.98 Å². The molecule has 0 atom stereocenters. The van der Waals surface area contributed by atoms with E-state index in [-0.39, 0.29) is 0 Å². The topological polar surface area (TPSA) is 51.4 Å². The largest absolute Gasteiger partial charge is 0.399 e. The van der Waals surface area contributed by atoms with Crippen LogP contribution in [0.3, 0.4) is 0 Å². The molecular formula is C12H18ClN3O. The number of rotatable bonds is 3. The number of hydrogen-bond donors (Lipinski definition) is 1. The van der Waals surface area contributed by atoms with Gasteiger partial charge in [-0.2, -0.15) is 0 Å². The number of nitrogens with two attached hydrogens (primary N) is 1. The Morgan fingerprint density at radius 2 is 2.18 bits per heavy atom. The van der Waals surface area contributed by atoms with Crippen molar-refractivity contribution in [3.63, 3.8) is 0 Å². The summed E-state index contributed by atoms with van der Waals surface area (Å²) >= 11 is 5.91. The Hall–Kier alpha value is -1.00. The van der Waals surface area contributed by atoms with Crippen molar-refractivity contribution in [3.05, 3.63) is 17.3 Å². The summed E-state index contributed by atoms with van der Waals surface area (Å²) in [7, 11) is 1.76. The number of pyridine rings is 1. The number of ether oxygens (including phenoxy) is 1. The molecular weight excluding hydrogens is 238 g/mol. The van der Waals surface area contributed by atoms with Crippen molar-refractivity contribution in [2.75, 3.05) is 37.4 Å². The van der Waals surface area contributed by atoms with E-state index >= 15 is 0 Å². The third-order valence-corrected chi connectivity index (χ3v) is 3.34. The van der Waals surface area contributed by atoms with Crippen LogP contribution >= 0.6 is 11.6 Å². The van der Waals surface area contributed by atoms with Crippen LogP contribution < -0.4 is 10.6 Å². The zero-order chi connectivity index (χ0) is 12.3. The molecule has 2 N–H and O–H groups in total. The van der Waals surface area contributed by atoms with Gasteiger partial charge < -0.3 is 15.4 Å². The highest BCUT2D eigenvalue weighted by molar-refractivity contribution is 6.29. The summed E-state index contributed by atoms with van der Waals surface area (Å²) < 4.78 is 5.19. The standard InChI is InChI=1S/C12H18ClN3O/c1-17-8-9-2-4-16(5-3-9)12-7-10(14)6-11(13)15-12/h6-7,9H,2-5,8H2,1H3,(H2,14,15). The summed E-state index contributed by atoms with van der Waals surface area (Å²) in [6.45, 7) is 2.82. The molecule has 4 nitrogen and oxygen atoms in total. The molecule has 0 saturated carbocycles. The van der Waals surface area contributed by atoms with Crippen LogP contribution in [0.15, 0.2) is 12.1 Å². The summed E-state index contributed by atoms with van der Waals surface area (Å²) in [5.74, 6) is 1.54. The second-order valence-electron chi connectivity index (χ2n) is 4.47. The molecule has 5 heteroatoms. The van der Waals surface area contributed by atoms with Gasteiger partial charge in [-0.05, 0) is 24.8 Å². The van der Waals surface area contributed by atoms with E-state index in [1.807, 2.05) is 6.07 Å². The molecule has 17 heavy (non-hydrogen) atoms. The Balaban J connectivity index is 2.00. The second kappa shape index (κ2) is 5.56. The van der Waals surface area contributed by atoms with Crippen molar-refractivity contribution in [2.45, 2.75) is 12.8 Å². The zero-order valence-electron chi connectivity index (χ0n) is 10.0. The number of hydrogen-bond acceptors (Lipinski definition) is 4. The van der Waals surface area contributed by atoms with Crippen LogP contribution in [-0.4, -0.2) is 31.8 Å². The second-order valence-corrected chi connectivity index (χ2v) is 4.85. The predicted molar refractivity (Wildman–Crippen MR) is 70.5 cm³/mol. The van der Waals surface area contributed by atoms with Crippen LogP contribution in [0.25, 0.3) is 0 Å². The maximum Gasteiger partial charge on any atom is 0.133 e. The first-order chi connectivity index (χ1) is 8.19. The average molecular weight is 256 g/mol. The molecule has 0 bridgehead atoms. The van der Waals surface area contributed by atoms with Crippen LogP contribution in [0.4, 0.5) is 11.5 Å². The predicted octanol–water partition coefficient (Wildman–Crippen LogP) is 2.18. The van der Waals surface area contributed by atoms with Crippen LogP contribution in [0.1, 0.15) is 12.8 Å². The van der Waals surface area contributed by atoms with E-state index in [1.54, 1.807) is 13.2 Å². The first-order valence-corrected chi connectivity index (χ1v) is 6.24. The minimum absolute atomic E-state index is 0.457. The Morgan fingerprint density at radius 3 is 2.76 bits per heavy atom. The molecule has 1 fully saturated rings. The van der Waals surface area contributed by atoms with Gasteiger partial charge in [0.2, 0.25) is 0 Å². The lowest BCUT2D eigenvalue weighted by atomic mass is 9.98. The van der Waals surface area contributed by atoms with Gasteiger partial charge in [0.25, 0.3) is 0 Å². The maximum absolute atomic E-state index is 5.91. The van der Waals surface area contributed by atoms with E-state index in [4.69, 9.17) is 22.1 Å². The molecule has 0 radical (unpaired) electrons. The molecule has 0 amide bonds. The molecule has 1 saturated heterocycles. The highest BCUT2D eigenvalue weighted by atomic mass is 35.5. The molecule has 0 unspecified atom stereocenters. The van der Waals surface area contributed by atoms with E-state index in [9.17, 15) is 0 Å². The van der Waals surface area contributed by atoms with Gasteiger partial charge in [0.1, 0.15) is 11.0 Å². The summed E-state index contributed by atoms with van der Waals surface area (Å²) in [4.78, 5) is 6.54. The van der Waals surface area contributed by atoms with Gasteiger partial charge in [0, 0.05) is 38.6 Å². The highest BCUT2D eigenvalue weighted by Crippen LogP contribution is 2.25. The Kier molecular flexibility index (Phi) is 4.07. The fourth-order valence-electron chi connectivity index (χ4n) is 2.23. The number of methoxy groups -OCH3 is 1. The number of halogens is 1. The van der Waals surface area contributed by atoms with Crippen LogP contribution in [0.5, 0.6) is 0 Å². The van der Waals surface area contributed by atoms with Crippen molar-refractivity contribution in [2.24, 2.45) is 5.92 Å². The number of nitrogen functional groups attached to an aromatic ring is 1. The van der Waals surface area contributed by atoms with Crippen LogP contribution in [0, 0.1) is 5.92 Å². The molecule has 94 valence electrons. The quantitative estimate of drug-likeness (QED) is 0.842. The van der Waals surface area contributed by atoms with E-state index in [0.29, 0.717) is 16.8 Å². The summed E-state index contributed by atoms with van der Waals surface area (Å²) in [6.07, 6.45) is 2.25. The van der Waals surface area contributed by atoms with Crippen molar-refractivity contribution >= 4 is 23.1 Å². The van der Waals surface area contributed by atoms with Crippen LogP contribution in [0.2, 0.25) is 5.15 Å². The summed E-state index contributed by atoms with van der Waals surface area (Å²) in [6, 6.07) is 3.55. The molecule has 1 aromatic heterocycles. The van der Waals surface area contributed by atoms with Crippen molar-refractivity contribution in [1.29, 1.82) is 0 Å². The molecule has 1 aliphatic rings. The lowest BCUT2D eigenvalue weighted by Gasteiger charge is -2.32. The van der Waals surface area contributed by atoms with Gasteiger partial charge in [-0.15, -0.1) is 0 Å². The van der Waals surface area contributed by atoms with Gasteiger partial charge in [-0.1, -0.05) is 11.6 Å². The first kappa shape index (κ1) is 12.5. The van der Waals surface area contributed by atoms with Gasteiger partial charge in [-0.3, -0.25) is 0 Å². The van der Waals surface area contributed by atoms with Gasteiger partial charge in [0.15, 0.2) is 0 Å². The summed E-state index contributed by atoms with van der Waals surface area (Å²) in [5, 5.41) is 0.457.